The summed E-state index contributed by atoms with van der Waals surface area (Å²) >= 11 is 6.17. The number of rotatable bonds is 6. The Balaban J connectivity index is 1.83. The van der Waals surface area contributed by atoms with Gasteiger partial charge in [-0.05, 0) is 43.9 Å². The minimum Gasteiger partial charge on any atom is -0.482 e. The van der Waals surface area contributed by atoms with E-state index in [4.69, 9.17) is 22.1 Å². The van der Waals surface area contributed by atoms with Crippen LogP contribution in [-0.4, -0.2) is 24.6 Å². The van der Waals surface area contributed by atoms with Crippen LogP contribution >= 0.6 is 11.6 Å². The Labute approximate surface area is 131 Å². The molecule has 4 nitrogen and oxygen atoms in total. The highest BCUT2D eigenvalue weighted by molar-refractivity contribution is 6.32. The zero-order chi connectivity index (χ0) is 15.2. The van der Waals surface area contributed by atoms with Gasteiger partial charge in [-0.1, -0.05) is 30.5 Å². The van der Waals surface area contributed by atoms with Crippen LogP contribution < -0.4 is 15.8 Å². The van der Waals surface area contributed by atoms with Crippen LogP contribution in [0.2, 0.25) is 5.02 Å². The molecule has 5 heteroatoms. The molecule has 3 N–H and O–H groups in total. The minimum atomic E-state index is -0.0855. The first-order valence-corrected chi connectivity index (χ1v) is 7.88. The normalized spacial score (nSPS) is 16.7. The van der Waals surface area contributed by atoms with E-state index in [1.807, 2.05) is 19.1 Å². The number of carbonyl (C=O) groups is 1. The highest BCUT2D eigenvalue weighted by atomic mass is 35.5. The molecule has 116 valence electrons. The maximum Gasteiger partial charge on any atom is 0.258 e. The van der Waals surface area contributed by atoms with E-state index in [1.54, 1.807) is 6.07 Å². The molecule has 0 bridgehead atoms. The number of amides is 1. The molecule has 1 saturated carbocycles. The molecule has 2 rings (SSSR count). The summed E-state index contributed by atoms with van der Waals surface area (Å²) in [5.74, 6) is 0.448. The van der Waals surface area contributed by atoms with Crippen molar-refractivity contribution in [2.75, 3.05) is 6.61 Å². The Hall–Kier alpha value is -1.26. The molecule has 1 atom stereocenters. The summed E-state index contributed by atoms with van der Waals surface area (Å²) < 4.78 is 5.49. The van der Waals surface area contributed by atoms with Gasteiger partial charge >= 0.3 is 0 Å². The molecular weight excluding hydrogens is 288 g/mol. The van der Waals surface area contributed by atoms with E-state index < -0.39 is 0 Å². The molecule has 0 spiro atoms. The molecule has 1 fully saturated rings. The van der Waals surface area contributed by atoms with Crippen LogP contribution in [0.15, 0.2) is 18.2 Å². The topological polar surface area (TPSA) is 64.3 Å². The summed E-state index contributed by atoms with van der Waals surface area (Å²) in [7, 11) is 0. The Bertz CT molecular complexity index is 485. The van der Waals surface area contributed by atoms with E-state index in [2.05, 4.69) is 5.32 Å². The van der Waals surface area contributed by atoms with Crippen LogP contribution in [0.25, 0.3) is 0 Å². The van der Waals surface area contributed by atoms with Gasteiger partial charge in [-0.15, -0.1) is 0 Å². The molecular formula is C16H23ClN2O2. The molecule has 21 heavy (non-hydrogen) atoms. The first-order chi connectivity index (χ1) is 10.0. The van der Waals surface area contributed by atoms with E-state index >= 15 is 0 Å². The second kappa shape index (κ2) is 7.66. The van der Waals surface area contributed by atoms with Crippen molar-refractivity contribution in [3.63, 3.8) is 0 Å². The van der Waals surface area contributed by atoms with E-state index in [1.165, 1.54) is 12.8 Å². The fourth-order valence-electron chi connectivity index (χ4n) is 2.64. The van der Waals surface area contributed by atoms with Crippen LogP contribution in [-0.2, 0) is 11.2 Å². The predicted molar refractivity (Wildman–Crippen MR) is 84.7 cm³/mol. The summed E-state index contributed by atoms with van der Waals surface area (Å²) in [5.41, 5.74) is 6.83. The summed E-state index contributed by atoms with van der Waals surface area (Å²) in [6.45, 7) is 1.95. The van der Waals surface area contributed by atoms with Gasteiger partial charge in [0.25, 0.3) is 5.91 Å². The highest BCUT2D eigenvalue weighted by Crippen LogP contribution is 2.26. The fourth-order valence-corrected chi connectivity index (χ4v) is 2.90. The molecule has 0 radical (unpaired) electrons. The van der Waals surface area contributed by atoms with Crippen LogP contribution in [0.4, 0.5) is 0 Å². The van der Waals surface area contributed by atoms with Crippen molar-refractivity contribution in [1.29, 1.82) is 0 Å². The monoisotopic (exact) mass is 310 g/mol. The lowest BCUT2D eigenvalue weighted by molar-refractivity contribution is -0.123. The number of nitrogens with two attached hydrogens (primary N) is 1. The maximum absolute atomic E-state index is 11.8. The van der Waals surface area contributed by atoms with Crippen molar-refractivity contribution in [3.05, 3.63) is 28.8 Å². The average Bonchev–Trinajstić information content (AvgIpc) is 2.90. The molecule has 1 aliphatic rings. The van der Waals surface area contributed by atoms with Gasteiger partial charge in [-0.3, -0.25) is 4.79 Å². The average molecular weight is 311 g/mol. The second-order valence-corrected chi connectivity index (χ2v) is 6.19. The number of benzene rings is 1. The maximum atomic E-state index is 11.8. The quantitative estimate of drug-likeness (QED) is 0.849. The van der Waals surface area contributed by atoms with Crippen LogP contribution in [0.3, 0.4) is 0 Å². The van der Waals surface area contributed by atoms with Gasteiger partial charge in [-0.25, -0.2) is 0 Å². The van der Waals surface area contributed by atoms with Gasteiger partial charge in [0, 0.05) is 12.1 Å². The van der Waals surface area contributed by atoms with Gasteiger partial charge in [0.05, 0.1) is 5.02 Å². The third-order valence-electron chi connectivity index (χ3n) is 3.63. The fraction of sp³-hybridized carbons (Fsp3) is 0.562. The number of ether oxygens (including phenoxy) is 1. The molecule has 1 aromatic rings. The van der Waals surface area contributed by atoms with E-state index in [0.29, 0.717) is 16.8 Å². The van der Waals surface area contributed by atoms with Gasteiger partial charge in [0.1, 0.15) is 5.75 Å². The third kappa shape index (κ3) is 5.21. The van der Waals surface area contributed by atoms with Gasteiger partial charge < -0.3 is 15.8 Å². The lowest BCUT2D eigenvalue weighted by Gasteiger charge is -2.13. The molecule has 0 saturated heterocycles. The number of hydrogen-bond acceptors (Lipinski definition) is 3. The third-order valence-corrected chi connectivity index (χ3v) is 3.93. The van der Waals surface area contributed by atoms with Crippen molar-refractivity contribution in [2.45, 2.75) is 51.1 Å². The molecule has 0 heterocycles. The van der Waals surface area contributed by atoms with E-state index in [-0.39, 0.29) is 18.6 Å². The molecule has 1 aromatic carbocycles. The zero-order valence-electron chi connectivity index (χ0n) is 12.4. The van der Waals surface area contributed by atoms with Gasteiger partial charge in [0.15, 0.2) is 6.61 Å². The van der Waals surface area contributed by atoms with E-state index in [9.17, 15) is 4.79 Å². The molecule has 1 unspecified atom stereocenters. The Kier molecular flexibility index (Phi) is 5.88. The smallest absolute Gasteiger partial charge is 0.258 e. The standard InChI is InChI=1S/C16H23ClN2O2/c1-11(18)8-12-6-7-15(14(17)9-12)21-10-16(20)19-13-4-2-3-5-13/h6-7,9,11,13H,2-5,8,10,18H2,1H3,(H,19,20). The SMILES string of the molecule is CC(N)Cc1ccc(OCC(=O)NC2CCCC2)c(Cl)c1. The first-order valence-electron chi connectivity index (χ1n) is 7.51. The van der Waals surface area contributed by atoms with Crippen LogP contribution in [0.5, 0.6) is 5.75 Å². The Morgan fingerprint density at radius 3 is 2.81 bits per heavy atom. The number of hydrogen-bond donors (Lipinski definition) is 2. The molecule has 1 amide bonds. The van der Waals surface area contributed by atoms with Crippen molar-refractivity contribution in [1.82, 2.24) is 5.32 Å². The van der Waals surface area contributed by atoms with Gasteiger partial charge in [0.2, 0.25) is 0 Å². The number of halogens is 1. The van der Waals surface area contributed by atoms with Crippen molar-refractivity contribution in [2.24, 2.45) is 5.73 Å². The van der Waals surface area contributed by atoms with Crippen molar-refractivity contribution >= 4 is 17.5 Å². The van der Waals surface area contributed by atoms with Gasteiger partial charge in [-0.2, -0.15) is 0 Å². The Morgan fingerprint density at radius 2 is 2.19 bits per heavy atom. The number of nitrogens with one attached hydrogen (secondary N) is 1. The zero-order valence-corrected chi connectivity index (χ0v) is 13.2. The lowest BCUT2D eigenvalue weighted by Crippen LogP contribution is -2.36. The predicted octanol–water partition coefficient (Wildman–Crippen LogP) is 2.67. The summed E-state index contributed by atoms with van der Waals surface area (Å²) in [6, 6.07) is 5.97. The molecule has 0 aliphatic heterocycles. The van der Waals surface area contributed by atoms with Crippen molar-refractivity contribution < 1.29 is 9.53 Å². The van der Waals surface area contributed by atoms with Crippen molar-refractivity contribution in [3.8, 4) is 5.75 Å². The lowest BCUT2D eigenvalue weighted by atomic mass is 10.1. The van der Waals surface area contributed by atoms with Crippen LogP contribution in [0.1, 0.15) is 38.2 Å². The van der Waals surface area contributed by atoms with E-state index in [0.717, 1.165) is 24.8 Å². The summed E-state index contributed by atoms with van der Waals surface area (Å²) in [4.78, 5) is 11.8. The largest absolute Gasteiger partial charge is 0.482 e. The Morgan fingerprint density at radius 1 is 1.48 bits per heavy atom. The summed E-state index contributed by atoms with van der Waals surface area (Å²) in [5, 5.41) is 3.50. The molecule has 1 aliphatic carbocycles. The number of carbonyl (C=O) groups excluding carboxylic acids is 1. The minimum absolute atomic E-state index is 0.00284. The highest BCUT2D eigenvalue weighted by Gasteiger charge is 2.17. The second-order valence-electron chi connectivity index (χ2n) is 5.78. The molecule has 0 aromatic heterocycles. The summed E-state index contributed by atoms with van der Waals surface area (Å²) in [6.07, 6.45) is 5.29. The van der Waals surface area contributed by atoms with Crippen LogP contribution in [0, 0.1) is 0 Å². The first kappa shape index (κ1) is 16.1.